The van der Waals surface area contributed by atoms with E-state index in [0.29, 0.717) is 18.7 Å². The molecule has 1 amide bonds. The number of unbranched alkanes of at least 4 members (excludes halogenated alkanes) is 3. The number of fused-ring (bicyclic) bond motifs is 1. The summed E-state index contributed by atoms with van der Waals surface area (Å²) >= 11 is 0. The maximum Gasteiger partial charge on any atom is 0.303 e. The summed E-state index contributed by atoms with van der Waals surface area (Å²) < 4.78 is 5.63. The lowest BCUT2D eigenvalue weighted by molar-refractivity contribution is -0.137. The minimum Gasteiger partial charge on any atom is -0.483 e. The molecule has 5 heteroatoms. The first kappa shape index (κ1) is 17.8. The van der Waals surface area contributed by atoms with Crippen molar-refractivity contribution in [2.45, 2.75) is 32.1 Å². The van der Waals surface area contributed by atoms with Gasteiger partial charge < -0.3 is 15.2 Å². The summed E-state index contributed by atoms with van der Waals surface area (Å²) in [5.74, 6) is -0.195. The Hall–Kier alpha value is -2.56. The molecule has 0 atom stereocenters. The first-order valence-electron chi connectivity index (χ1n) is 8.26. The Bertz CT molecular complexity index is 679. The first-order valence-corrected chi connectivity index (χ1v) is 8.26. The Morgan fingerprint density at radius 2 is 1.71 bits per heavy atom. The van der Waals surface area contributed by atoms with Crippen LogP contribution in [0.5, 0.6) is 5.75 Å². The first-order chi connectivity index (χ1) is 11.7. The summed E-state index contributed by atoms with van der Waals surface area (Å²) in [5.41, 5.74) is 0. The zero-order valence-electron chi connectivity index (χ0n) is 13.7. The van der Waals surface area contributed by atoms with Crippen molar-refractivity contribution in [2.75, 3.05) is 13.2 Å². The molecule has 0 aromatic heterocycles. The number of amides is 1. The Kier molecular flexibility index (Phi) is 7.08. The van der Waals surface area contributed by atoms with Crippen LogP contribution in [0.25, 0.3) is 10.8 Å². The van der Waals surface area contributed by atoms with Gasteiger partial charge in [0, 0.05) is 18.4 Å². The molecule has 0 aliphatic rings. The number of nitrogens with one attached hydrogen (secondary N) is 1. The van der Waals surface area contributed by atoms with Crippen molar-refractivity contribution in [3.8, 4) is 5.75 Å². The molecule has 2 N–H and O–H groups in total. The zero-order valence-corrected chi connectivity index (χ0v) is 13.7. The van der Waals surface area contributed by atoms with Crippen LogP contribution in [0.1, 0.15) is 32.1 Å². The number of hydrogen-bond donors (Lipinski definition) is 2. The molecule has 0 aliphatic heterocycles. The number of carbonyl (C=O) groups excluding carboxylic acids is 1. The van der Waals surface area contributed by atoms with Gasteiger partial charge in [-0.15, -0.1) is 0 Å². The highest BCUT2D eigenvalue weighted by Crippen LogP contribution is 2.24. The van der Waals surface area contributed by atoms with Crippen LogP contribution < -0.4 is 10.1 Å². The van der Waals surface area contributed by atoms with Crippen molar-refractivity contribution in [1.29, 1.82) is 0 Å². The van der Waals surface area contributed by atoms with Crippen LogP contribution in [0.3, 0.4) is 0 Å². The van der Waals surface area contributed by atoms with Crippen molar-refractivity contribution >= 4 is 22.6 Å². The average molecular weight is 329 g/mol. The van der Waals surface area contributed by atoms with E-state index in [4.69, 9.17) is 9.84 Å². The number of benzene rings is 2. The lowest BCUT2D eigenvalue weighted by atomic mass is 10.1. The van der Waals surface area contributed by atoms with E-state index in [1.54, 1.807) is 0 Å². The number of rotatable bonds is 10. The molecule has 5 nitrogen and oxygen atoms in total. The Morgan fingerprint density at radius 1 is 0.958 bits per heavy atom. The second-order valence-corrected chi connectivity index (χ2v) is 5.67. The van der Waals surface area contributed by atoms with E-state index < -0.39 is 5.97 Å². The molecule has 2 rings (SSSR count). The Morgan fingerprint density at radius 3 is 2.54 bits per heavy atom. The SMILES string of the molecule is O=C(O)CCCCCCNC(=O)COc1cccc2ccccc12. The van der Waals surface area contributed by atoms with Crippen LogP contribution in [-0.2, 0) is 9.59 Å². The van der Waals surface area contributed by atoms with E-state index in [2.05, 4.69) is 5.32 Å². The molecule has 0 fully saturated rings. The summed E-state index contributed by atoms with van der Waals surface area (Å²) in [6, 6.07) is 13.7. The molecule has 0 heterocycles. The van der Waals surface area contributed by atoms with Gasteiger partial charge in [-0.2, -0.15) is 0 Å². The number of aliphatic carboxylic acids is 1. The van der Waals surface area contributed by atoms with E-state index in [-0.39, 0.29) is 18.9 Å². The summed E-state index contributed by atoms with van der Waals surface area (Å²) in [4.78, 5) is 22.2. The van der Waals surface area contributed by atoms with E-state index in [0.717, 1.165) is 30.0 Å². The fourth-order valence-electron chi connectivity index (χ4n) is 2.50. The summed E-state index contributed by atoms with van der Waals surface area (Å²) in [6.45, 7) is 0.581. The lowest BCUT2D eigenvalue weighted by Gasteiger charge is -2.09. The molecule has 2 aromatic carbocycles. The minimum absolute atomic E-state index is 0.00692. The maximum absolute atomic E-state index is 11.8. The van der Waals surface area contributed by atoms with Crippen LogP contribution in [0.15, 0.2) is 42.5 Å². The monoisotopic (exact) mass is 329 g/mol. The smallest absolute Gasteiger partial charge is 0.303 e. The van der Waals surface area contributed by atoms with Crippen molar-refractivity contribution in [3.63, 3.8) is 0 Å². The molecule has 0 unspecified atom stereocenters. The third-order valence-corrected chi connectivity index (χ3v) is 3.75. The number of carbonyl (C=O) groups is 2. The van der Waals surface area contributed by atoms with Crippen molar-refractivity contribution < 1.29 is 19.4 Å². The molecule has 0 saturated heterocycles. The predicted octanol–water partition coefficient (Wildman–Crippen LogP) is 3.37. The van der Waals surface area contributed by atoms with Crippen molar-refractivity contribution in [1.82, 2.24) is 5.32 Å². The minimum atomic E-state index is -0.756. The van der Waals surface area contributed by atoms with Gasteiger partial charge in [0.05, 0.1) is 0 Å². The predicted molar refractivity (Wildman–Crippen MR) is 93.2 cm³/mol. The van der Waals surface area contributed by atoms with Gasteiger partial charge in [-0.1, -0.05) is 49.2 Å². The fourth-order valence-corrected chi connectivity index (χ4v) is 2.50. The third kappa shape index (κ3) is 5.91. The summed E-state index contributed by atoms with van der Waals surface area (Å²) in [6.07, 6.45) is 3.53. The highest BCUT2D eigenvalue weighted by atomic mass is 16.5. The van der Waals surface area contributed by atoms with E-state index in [9.17, 15) is 9.59 Å². The maximum atomic E-state index is 11.8. The van der Waals surface area contributed by atoms with Gasteiger partial charge in [-0.25, -0.2) is 0 Å². The highest BCUT2D eigenvalue weighted by molar-refractivity contribution is 5.88. The van der Waals surface area contributed by atoms with Gasteiger partial charge in [-0.05, 0) is 24.3 Å². The van der Waals surface area contributed by atoms with Crippen LogP contribution in [0.4, 0.5) is 0 Å². The van der Waals surface area contributed by atoms with Crippen LogP contribution in [-0.4, -0.2) is 30.1 Å². The third-order valence-electron chi connectivity index (χ3n) is 3.75. The average Bonchev–Trinajstić information content (AvgIpc) is 2.58. The summed E-state index contributed by atoms with van der Waals surface area (Å²) in [7, 11) is 0. The Labute approximate surface area is 141 Å². The van der Waals surface area contributed by atoms with Gasteiger partial charge in [0.25, 0.3) is 5.91 Å². The topological polar surface area (TPSA) is 75.6 Å². The van der Waals surface area contributed by atoms with Gasteiger partial charge in [0.1, 0.15) is 5.75 Å². The number of carboxylic acid groups (broad SMARTS) is 1. The van der Waals surface area contributed by atoms with Gasteiger partial charge in [-0.3, -0.25) is 9.59 Å². The van der Waals surface area contributed by atoms with Crippen molar-refractivity contribution in [3.05, 3.63) is 42.5 Å². The molecule has 0 radical (unpaired) electrons. The van der Waals surface area contributed by atoms with E-state index in [1.165, 1.54) is 0 Å². The van der Waals surface area contributed by atoms with Gasteiger partial charge in [0.2, 0.25) is 0 Å². The lowest BCUT2D eigenvalue weighted by Crippen LogP contribution is -2.29. The quantitative estimate of drug-likeness (QED) is 0.655. The van der Waals surface area contributed by atoms with E-state index >= 15 is 0 Å². The van der Waals surface area contributed by atoms with Crippen LogP contribution >= 0.6 is 0 Å². The Balaban J connectivity index is 1.65. The zero-order chi connectivity index (χ0) is 17.2. The van der Waals surface area contributed by atoms with Crippen molar-refractivity contribution in [2.24, 2.45) is 0 Å². The van der Waals surface area contributed by atoms with Gasteiger partial charge in [0.15, 0.2) is 6.61 Å². The normalized spacial score (nSPS) is 10.5. The number of hydrogen-bond acceptors (Lipinski definition) is 3. The van der Waals surface area contributed by atoms with Crippen LogP contribution in [0.2, 0.25) is 0 Å². The summed E-state index contributed by atoms with van der Waals surface area (Å²) in [5, 5.41) is 13.4. The van der Waals surface area contributed by atoms with Gasteiger partial charge >= 0.3 is 5.97 Å². The molecule has 0 spiro atoms. The molecule has 0 bridgehead atoms. The molecular formula is C19H23NO4. The highest BCUT2D eigenvalue weighted by Gasteiger charge is 2.05. The number of ether oxygens (including phenoxy) is 1. The van der Waals surface area contributed by atoms with Crippen LogP contribution in [0, 0.1) is 0 Å². The fraction of sp³-hybridized carbons (Fsp3) is 0.368. The largest absolute Gasteiger partial charge is 0.483 e. The molecular weight excluding hydrogens is 306 g/mol. The second-order valence-electron chi connectivity index (χ2n) is 5.67. The molecule has 0 aliphatic carbocycles. The molecule has 0 saturated carbocycles. The standard InChI is InChI=1S/C19H23NO4/c21-18(20-13-6-2-1-3-12-19(22)23)14-24-17-11-7-9-15-8-4-5-10-16(15)17/h4-5,7-11H,1-3,6,12-14H2,(H,20,21)(H,22,23). The second kappa shape index (κ2) is 9.55. The number of carboxylic acids is 1. The molecule has 2 aromatic rings. The van der Waals surface area contributed by atoms with E-state index in [1.807, 2.05) is 42.5 Å². The molecule has 24 heavy (non-hydrogen) atoms. The molecule has 128 valence electrons.